The first kappa shape index (κ1) is 12.6. The largest absolute Gasteiger partial charge is 0.481 e. The number of nitrogens with zero attached hydrogens (tertiary/aromatic N) is 1. The van der Waals surface area contributed by atoms with Crippen molar-refractivity contribution in [3.8, 4) is 0 Å². The molecule has 0 amide bonds. The molecule has 4 heteroatoms. The number of hydrogen-bond donors (Lipinski definition) is 1. The highest BCUT2D eigenvalue weighted by Crippen LogP contribution is 2.37. The highest BCUT2D eigenvalue weighted by molar-refractivity contribution is 7.10. The molecule has 1 fully saturated rings. The second-order valence-electron chi connectivity index (χ2n) is 4.76. The summed E-state index contributed by atoms with van der Waals surface area (Å²) in [5.74, 6) is -0.703. The molecular weight excluding hydrogens is 234 g/mol. The average molecular weight is 253 g/mol. The molecule has 2 rings (SSSR count). The summed E-state index contributed by atoms with van der Waals surface area (Å²) < 4.78 is 0. The van der Waals surface area contributed by atoms with Gasteiger partial charge in [0.15, 0.2) is 0 Å². The summed E-state index contributed by atoms with van der Waals surface area (Å²) in [6.45, 7) is 4.99. The highest BCUT2D eigenvalue weighted by Gasteiger charge is 2.33. The predicted octanol–water partition coefficient (Wildman–Crippen LogP) is 3.06. The molecule has 0 aromatic carbocycles. The predicted molar refractivity (Wildman–Crippen MR) is 69.5 cm³/mol. The zero-order chi connectivity index (χ0) is 12.4. The maximum atomic E-state index is 10.7. The van der Waals surface area contributed by atoms with E-state index in [2.05, 4.69) is 30.2 Å². The summed E-state index contributed by atoms with van der Waals surface area (Å²) in [7, 11) is 0. The molecule has 0 bridgehead atoms. The van der Waals surface area contributed by atoms with Gasteiger partial charge in [0.1, 0.15) is 0 Å². The fourth-order valence-corrected chi connectivity index (χ4v) is 3.29. The van der Waals surface area contributed by atoms with Crippen LogP contribution in [-0.4, -0.2) is 28.6 Å². The van der Waals surface area contributed by atoms with Crippen LogP contribution in [-0.2, 0) is 4.79 Å². The molecule has 1 heterocycles. The number of carboxylic acids is 1. The Morgan fingerprint density at radius 3 is 2.82 bits per heavy atom. The third kappa shape index (κ3) is 3.07. The standard InChI is InChI=1S/C13H19NO2S/c1-9-6-8-17-13(9)10(2)14(11-3-4-11)7-5-12(15)16/h6,8,10-11H,3-5,7H2,1-2H3,(H,15,16). The van der Waals surface area contributed by atoms with Crippen LogP contribution in [0.3, 0.4) is 0 Å². The van der Waals surface area contributed by atoms with Crippen molar-refractivity contribution in [1.29, 1.82) is 0 Å². The van der Waals surface area contributed by atoms with E-state index < -0.39 is 5.97 Å². The van der Waals surface area contributed by atoms with Crippen LogP contribution in [0.25, 0.3) is 0 Å². The molecule has 1 saturated carbocycles. The van der Waals surface area contributed by atoms with E-state index >= 15 is 0 Å². The van der Waals surface area contributed by atoms with E-state index in [9.17, 15) is 4.79 Å². The number of carbonyl (C=O) groups is 1. The van der Waals surface area contributed by atoms with Crippen LogP contribution in [0.4, 0.5) is 0 Å². The SMILES string of the molecule is Cc1ccsc1C(C)N(CCC(=O)O)C1CC1. The lowest BCUT2D eigenvalue weighted by Crippen LogP contribution is -2.31. The van der Waals surface area contributed by atoms with Crippen molar-refractivity contribution in [2.75, 3.05) is 6.54 Å². The topological polar surface area (TPSA) is 40.5 Å². The van der Waals surface area contributed by atoms with E-state index in [0.717, 1.165) is 0 Å². The van der Waals surface area contributed by atoms with Gasteiger partial charge in [-0.1, -0.05) is 0 Å². The van der Waals surface area contributed by atoms with Crippen LogP contribution < -0.4 is 0 Å². The first-order valence-corrected chi connectivity index (χ1v) is 6.99. The fraction of sp³-hybridized carbons (Fsp3) is 0.615. The molecular formula is C13H19NO2S. The smallest absolute Gasteiger partial charge is 0.304 e. The number of aryl methyl sites for hydroxylation is 1. The zero-order valence-corrected chi connectivity index (χ0v) is 11.2. The maximum Gasteiger partial charge on any atom is 0.304 e. The molecule has 1 atom stereocenters. The second-order valence-corrected chi connectivity index (χ2v) is 5.70. The molecule has 94 valence electrons. The summed E-state index contributed by atoms with van der Waals surface area (Å²) >= 11 is 1.78. The van der Waals surface area contributed by atoms with Gasteiger partial charge in [-0.15, -0.1) is 11.3 Å². The van der Waals surface area contributed by atoms with Gasteiger partial charge in [-0.25, -0.2) is 0 Å². The van der Waals surface area contributed by atoms with Gasteiger partial charge in [0, 0.05) is 23.5 Å². The van der Waals surface area contributed by atoms with Crippen molar-refractivity contribution in [3.63, 3.8) is 0 Å². The highest BCUT2D eigenvalue weighted by atomic mass is 32.1. The van der Waals surface area contributed by atoms with Crippen molar-refractivity contribution >= 4 is 17.3 Å². The van der Waals surface area contributed by atoms with Crippen LogP contribution in [0, 0.1) is 6.92 Å². The van der Waals surface area contributed by atoms with Crippen molar-refractivity contribution in [2.24, 2.45) is 0 Å². The van der Waals surface area contributed by atoms with Gasteiger partial charge in [-0.05, 0) is 43.7 Å². The van der Waals surface area contributed by atoms with Crippen LogP contribution in [0.2, 0.25) is 0 Å². The van der Waals surface area contributed by atoms with Gasteiger partial charge in [0.2, 0.25) is 0 Å². The maximum absolute atomic E-state index is 10.7. The number of aliphatic carboxylic acids is 1. The molecule has 17 heavy (non-hydrogen) atoms. The monoisotopic (exact) mass is 253 g/mol. The molecule has 0 saturated heterocycles. The van der Waals surface area contributed by atoms with Gasteiger partial charge < -0.3 is 5.11 Å². The van der Waals surface area contributed by atoms with Gasteiger partial charge in [0.05, 0.1) is 6.42 Å². The molecule has 1 unspecified atom stereocenters. The molecule has 1 aromatic heterocycles. The lowest BCUT2D eigenvalue weighted by Gasteiger charge is -2.28. The Balaban J connectivity index is 2.05. The number of hydrogen-bond acceptors (Lipinski definition) is 3. The lowest BCUT2D eigenvalue weighted by atomic mass is 10.1. The molecule has 1 N–H and O–H groups in total. The minimum Gasteiger partial charge on any atom is -0.481 e. The van der Waals surface area contributed by atoms with Crippen molar-refractivity contribution in [3.05, 3.63) is 21.9 Å². The Labute approximate surface area is 106 Å². The first-order valence-electron chi connectivity index (χ1n) is 6.11. The molecule has 0 aliphatic heterocycles. The molecule has 0 spiro atoms. The minimum absolute atomic E-state index is 0.241. The van der Waals surface area contributed by atoms with E-state index in [4.69, 9.17) is 5.11 Å². The van der Waals surface area contributed by atoms with Crippen molar-refractivity contribution in [1.82, 2.24) is 4.90 Å². The Hall–Kier alpha value is -0.870. The van der Waals surface area contributed by atoms with E-state index in [1.54, 1.807) is 11.3 Å². The van der Waals surface area contributed by atoms with Crippen LogP contribution >= 0.6 is 11.3 Å². The van der Waals surface area contributed by atoms with Crippen molar-refractivity contribution in [2.45, 2.75) is 45.2 Å². The lowest BCUT2D eigenvalue weighted by molar-refractivity contribution is -0.137. The van der Waals surface area contributed by atoms with E-state index in [1.165, 1.54) is 23.3 Å². The molecule has 1 aliphatic rings. The third-order valence-electron chi connectivity index (χ3n) is 3.38. The summed E-state index contributed by atoms with van der Waals surface area (Å²) in [5.41, 5.74) is 1.32. The molecule has 3 nitrogen and oxygen atoms in total. The third-order valence-corrected chi connectivity index (χ3v) is 4.57. The summed E-state index contributed by atoms with van der Waals surface area (Å²) in [6.07, 6.45) is 2.67. The van der Waals surface area contributed by atoms with E-state index in [0.29, 0.717) is 18.6 Å². The van der Waals surface area contributed by atoms with Gasteiger partial charge in [-0.2, -0.15) is 0 Å². The number of thiophene rings is 1. The quantitative estimate of drug-likeness (QED) is 0.847. The summed E-state index contributed by atoms with van der Waals surface area (Å²) in [4.78, 5) is 14.4. The Morgan fingerprint density at radius 2 is 2.35 bits per heavy atom. The number of carboxylic acid groups (broad SMARTS) is 1. The van der Waals surface area contributed by atoms with Crippen LogP contribution in [0.15, 0.2) is 11.4 Å². The average Bonchev–Trinajstić information content (AvgIpc) is 3.00. The molecule has 1 aromatic rings. The second kappa shape index (κ2) is 5.19. The molecule has 0 radical (unpaired) electrons. The zero-order valence-electron chi connectivity index (χ0n) is 10.3. The van der Waals surface area contributed by atoms with Gasteiger partial charge >= 0.3 is 5.97 Å². The Kier molecular flexibility index (Phi) is 3.84. The van der Waals surface area contributed by atoms with Gasteiger partial charge in [0.25, 0.3) is 0 Å². The van der Waals surface area contributed by atoms with E-state index in [-0.39, 0.29) is 6.42 Å². The van der Waals surface area contributed by atoms with Gasteiger partial charge in [-0.3, -0.25) is 9.69 Å². The van der Waals surface area contributed by atoms with E-state index in [1.807, 2.05) is 0 Å². The Morgan fingerprint density at radius 1 is 1.65 bits per heavy atom. The minimum atomic E-state index is -0.703. The van der Waals surface area contributed by atoms with Crippen LogP contribution in [0.1, 0.15) is 42.7 Å². The first-order chi connectivity index (χ1) is 8.09. The fourth-order valence-electron chi connectivity index (χ4n) is 2.29. The molecule has 1 aliphatic carbocycles. The Bertz CT molecular complexity index is 398. The normalized spacial score (nSPS) is 17.4. The summed E-state index contributed by atoms with van der Waals surface area (Å²) in [6, 6.07) is 3.09. The van der Waals surface area contributed by atoms with Crippen LogP contribution in [0.5, 0.6) is 0 Å². The summed E-state index contributed by atoms with van der Waals surface area (Å²) in [5, 5.41) is 10.9. The van der Waals surface area contributed by atoms with Crippen molar-refractivity contribution < 1.29 is 9.90 Å². The number of rotatable bonds is 6.